The van der Waals surface area contributed by atoms with Crippen molar-refractivity contribution in [2.75, 3.05) is 24.2 Å². The predicted molar refractivity (Wildman–Crippen MR) is 257 cm³/mol. The highest BCUT2D eigenvalue weighted by Gasteiger charge is 2.33. The zero-order valence-corrected chi connectivity index (χ0v) is 38.9. The molecule has 0 spiro atoms. The molecule has 16 heteroatoms. The number of benzene rings is 2. The second-order valence-electron chi connectivity index (χ2n) is 18.3. The van der Waals surface area contributed by atoms with Gasteiger partial charge in [0.15, 0.2) is 0 Å². The van der Waals surface area contributed by atoms with Crippen LogP contribution in [0.5, 0.6) is 11.5 Å². The number of carboxylic acid groups (broad SMARTS) is 1. The van der Waals surface area contributed by atoms with Crippen molar-refractivity contribution in [1.82, 2.24) is 24.8 Å². The molecule has 6 aromatic rings. The summed E-state index contributed by atoms with van der Waals surface area (Å²) >= 11 is 3.28. The number of aryl methyl sites for hydroxylation is 2. The number of carbonyl (C=O) groups is 2. The van der Waals surface area contributed by atoms with E-state index in [0.29, 0.717) is 37.8 Å². The summed E-state index contributed by atoms with van der Waals surface area (Å²) in [5.41, 5.74) is 8.70. The van der Waals surface area contributed by atoms with E-state index in [1.165, 1.54) is 34.4 Å². The minimum absolute atomic E-state index is 0.0400. The van der Waals surface area contributed by atoms with Gasteiger partial charge in [0.05, 0.1) is 53.4 Å². The highest BCUT2D eigenvalue weighted by atomic mass is 32.1. The van der Waals surface area contributed by atoms with Crippen LogP contribution < -0.4 is 20.1 Å². The summed E-state index contributed by atoms with van der Waals surface area (Å²) in [5.74, 6) is 3.13. The molecule has 0 radical (unpaired) electrons. The number of thiophene rings is 2. The molecular weight excluding hydrogens is 859 g/mol. The Morgan fingerprint density at radius 3 is 1.69 bits per heavy atom. The summed E-state index contributed by atoms with van der Waals surface area (Å²) in [4.78, 5) is 57.7. The number of carboxylic acids is 1. The van der Waals surface area contributed by atoms with E-state index in [2.05, 4.69) is 58.8 Å². The lowest BCUT2D eigenvalue weighted by molar-refractivity contribution is -0.142. The molecule has 1 fully saturated rings. The highest BCUT2D eigenvalue weighted by Crippen LogP contribution is 2.44. The van der Waals surface area contributed by atoms with Crippen LogP contribution in [-0.2, 0) is 48.4 Å². The molecule has 2 atom stereocenters. The molecule has 2 unspecified atom stereocenters. The molecule has 5 aliphatic rings. The van der Waals surface area contributed by atoms with Crippen LogP contribution >= 0.6 is 22.7 Å². The number of amides is 1. The Hall–Kier alpha value is -6.00. The maximum absolute atomic E-state index is 13.1. The monoisotopic (exact) mass is 911 g/mol. The molecule has 0 saturated heterocycles. The molecule has 4 aromatic heterocycles. The van der Waals surface area contributed by atoms with Crippen LogP contribution in [0.3, 0.4) is 0 Å². The second-order valence-corrected chi connectivity index (χ2v) is 20.5. The topological polar surface area (TPSA) is 176 Å². The molecule has 14 nitrogen and oxygen atoms in total. The number of nitrogens with zero attached hydrogens (tertiary/aromatic N) is 7. The fourth-order valence-electron chi connectivity index (χ4n) is 9.35. The third kappa shape index (κ3) is 8.89. The summed E-state index contributed by atoms with van der Waals surface area (Å²) in [5, 5.41) is 18.5. The van der Waals surface area contributed by atoms with Crippen LogP contribution in [0.4, 0.5) is 23.0 Å². The third-order valence-corrected chi connectivity index (χ3v) is 15.0. The van der Waals surface area contributed by atoms with Crippen molar-refractivity contribution >= 4 is 90.4 Å². The van der Waals surface area contributed by atoms with E-state index in [9.17, 15) is 14.7 Å². The first-order chi connectivity index (χ1) is 31.4. The number of aliphatic imine (C=N–C) groups is 2. The van der Waals surface area contributed by atoms with E-state index < -0.39 is 5.97 Å². The van der Waals surface area contributed by atoms with Gasteiger partial charge in [-0.1, -0.05) is 0 Å². The van der Waals surface area contributed by atoms with Gasteiger partial charge in [-0.2, -0.15) is 0 Å². The summed E-state index contributed by atoms with van der Waals surface area (Å²) < 4.78 is 12.2. The highest BCUT2D eigenvalue weighted by molar-refractivity contribution is 7.19. The molecule has 0 bridgehead atoms. The first-order valence-electron chi connectivity index (χ1n) is 22.6. The normalized spacial score (nSPS) is 18.0. The van der Waals surface area contributed by atoms with Gasteiger partial charge in [-0.15, -0.1) is 22.7 Å². The van der Waals surface area contributed by atoms with Gasteiger partial charge < -0.3 is 30.1 Å². The zero-order valence-electron chi connectivity index (χ0n) is 37.3. The van der Waals surface area contributed by atoms with Crippen LogP contribution in [0, 0.1) is 17.8 Å². The van der Waals surface area contributed by atoms with E-state index in [1.54, 1.807) is 35.3 Å². The number of hydrogen-bond donors (Lipinski definition) is 3. The van der Waals surface area contributed by atoms with Crippen molar-refractivity contribution in [3.63, 3.8) is 0 Å². The largest absolute Gasteiger partial charge is 0.489 e. The van der Waals surface area contributed by atoms with E-state index >= 15 is 0 Å². The summed E-state index contributed by atoms with van der Waals surface area (Å²) in [6.07, 6.45) is 14.1. The number of aromatic nitrogens is 4. The number of ether oxygens (including phenoxy) is 2. The van der Waals surface area contributed by atoms with Crippen molar-refractivity contribution in [3.05, 3.63) is 80.1 Å². The first-order valence-corrected chi connectivity index (χ1v) is 24.3. The number of anilines is 4. The van der Waals surface area contributed by atoms with Crippen molar-refractivity contribution in [1.29, 1.82) is 0 Å². The maximum atomic E-state index is 13.1. The minimum atomic E-state index is -0.724. The summed E-state index contributed by atoms with van der Waals surface area (Å²) in [6, 6.07) is 8.28. The number of hydrogen-bond acceptors (Lipinski definition) is 14. The molecule has 2 aliphatic heterocycles. The molecular formula is C49H53N9O5S2. The van der Waals surface area contributed by atoms with Gasteiger partial charge in [0.25, 0.3) is 0 Å². The SMILES string of the molecule is CC(C)Oc1cc2c(cc1Nc1ncnc3sc4c(c13)CCC(C(=O)N(C)CC1CC1)C4)C=NC2.CC(C)Oc1cc2c(cc1Nc1ncnc3sc4c(c13)CCC(C(=O)O)C4)C=NC2. The van der Waals surface area contributed by atoms with Crippen LogP contribution in [0.1, 0.15) is 96.5 Å². The molecule has 1 amide bonds. The second kappa shape index (κ2) is 17.8. The van der Waals surface area contributed by atoms with Crippen LogP contribution in [-0.4, -0.2) is 80.0 Å². The molecule has 11 rings (SSSR count). The molecule has 1 saturated carbocycles. The van der Waals surface area contributed by atoms with Gasteiger partial charge >= 0.3 is 5.97 Å². The number of nitrogens with one attached hydrogen (secondary N) is 2. The molecule has 3 aliphatic carbocycles. The quantitative estimate of drug-likeness (QED) is 0.107. The Kier molecular flexibility index (Phi) is 11.7. The van der Waals surface area contributed by atoms with Crippen molar-refractivity contribution in [2.24, 2.45) is 27.7 Å². The fraction of sp³-hybridized carbons (Fsp3) is 0.429. The Morgan fingerprint density at radius 2 is 1.22 bits per heavy atom. The average molecular weight is 912 g/mol. The zero-order chi connectivity index (χ0) is 44.9. The van der Waals surface area contributed by atoms with Crippen molar-refractivity contribution in [3.8, 4) is 11.5 Å². The number of rotatable bonds is 12. The van der Waals surface area contributed by atoms with Crippen molar-refractivity contribution < 1.29 is 24.2 Å². The van der Waals surface area contributed by atoms with Crippen LogP contribution in [0.25, 0.3) is 20.4 Å². The van der Waals surface area contributed by atoms with Gasteiger partial charge in [-0.3, -0.25) is 19.6 Å². The number of carbonyl (C=O) groups excluding carboxylic acids is 1. The van der Waals surface area contributed by atoms with Crippen LogP contribution in [0.2, 0.25) is 0 Å². The van der Waals surface area contributed by atoms with E-state index in [4.69, 9.17) is 9.47 Å². The lowest BCUT2D eigenvalue weighted by Gasteiger charge is -2.26. The predicted octanol–water partition coefficient (Wildman–Crippen LogP) is 9.47. The lowest BCUT2D eigenvalue weighted by atomic mass is 9.87. The summed E-state index contributed by atoms with van der Waals surface area (Å²) in [7, 11) is 1.97. The maximum Gasteiger partial charge on any atom is 0.306 e. The minimum Gasteiger partial charge on any atom is -0.489 e. The Morgan fingerprint density at radius 1 is 0.723 bits per heavy atom. The van der Waals surface area contributed by atoms with Crippen LogP contribution in [0.15, 0.2) is 46.9 Å². The van der Waals surface area contributed by atoms with E-state index in [-0.39, 0.29) is 24.0 Å². The first kappa shape index (κ1) is 42.9. The van der Waals surface area contributed by atoms with Gasteiger partial charge in [0, 0.05) is 41.7 Å². The third-order valence-electron chi connectivity index (χ3n) is 12.7. The number of aliphatic carboxylic acids is 1. The van der Waals surface area contributed by atoms with E-state index in [1.807, 2.05) is 58.1 Å². The Labute approximate surface area is 385 Å². The summed E-state index contributed by atoms with van der Waals surface area (Å²) in [6.45, 7) is 10.3. The number of fused-ring (bicyclic) bond motifs is 8. The van der Waals surface area contributed by atoms with Crippen molar-refractivity contribution in [2.45, 2.75) is 104 Å². The molecule has 2 aromatic carbocycles. The molecule has 3 N–H and O–H groups in total. The molecule has 336 valence electrons. The van der Waals surface area contributed by atoms with Gasteiger partial charge in [-0.05, 0) is 143 Å². The van der Waals surface area contributed by atoms with Gasteiger partial charge in [0.1, 0.15) is 45.5 Å². The molecule has 6 heterocycles. The van der Waals surface area contributed by atoms with E-state index in [0.717, 1.165) is 109 Å². The standard InChI is InChI=1S/C27H31N5O2S.C22H22N4O3S/c1-15(2)34-22-9-19-12-28-11-18(19)8-21(22)31-25-24-20-7-6-17(27(33)32(3)13-16-4-5-16)10-23(20)35-26(24)30-14-29-25;1-11(2)29-17-6-14-9-23-8-13(14)5-16(17)26-20-19-15-4-3-12(22(27)28)7-18(15)30-21(19)25-10-24-20/h8-9,11,14-17H,4-7,10,12-13H2,1-3H3,(H,29,30,31);5-6,8,10-12H,3-4,7,9H2,1-2H3,(H,27,28)(H,24,25,26). The van der Waals surface area contributed by atoms with Gasteiger partial charge in [-0.25, -0.2) is 19.9 Å². The average Bonchev–Trinajstić information content (AvgIpc) is 3.59. The lowest BCUT2D eigenvalue weighted by Crippen LogP contribution is -2.36. The smallest absolute Gasteiger partial charge is 0.306 e. The molecule has 65 heavy (non-hydrogen) atoms. The van der Waals surface area contributed by atoms with Gasteiger partial charge in [0.2, 0.25) is 5.91 Å². The fourth-order valence-corrected chi connectivity index (χ4v) is 11.9. The Bertz CT molecular complexity index is 2900. The Balaban J connectivity index is 0.000000155.